The van der Waals surface area contributed by atoms with Gasteiger partial charge in [0, 0.05) is 23.6 Å². The lowest BCUT2D eigenvalue weighted by atomic mass is 10.2. The zero-order valence-corrected chi connectivity index (χ0v) is 13.5. The van der Waals surface area contributed by atoms with Crippen LogP contribution in [0.15, 0.2) is 60.8 Å². The van der Waals surface area contributed by atoms with E-state index in [0.717, 1.165) is 0 Å². The van der Waals surface area contributed by atoms with Crippen LogP contribution in [0.4, 0.5) is 21.5 Å². The average molecular weight is 351 g/mol. The lowest BCUT2D eigenvalue weighted by Crippen LogP contribution is -2.13. The Hall–Kier alpha value is -3.61. The molecule has 130 valence electrons. The number of para-hydroxylation sites is 1. The fraction of sp³-hybridized carbons (Fsp3) is 0.0526. The topological polar surface area (TPSA) is 72.5 Å². The normalized spacial score (nSPS) is 11.9. The molecule has 0 saturated heterocycles. The van der Waals surface area contributed by atoms with Crippen LogP contribution in [0, 0.1) is 5.82 Å². The number of carbonyl (C=O) groups excluding carboxylic acids is 1. The summed E-state index contributed by atoms with van der Waals surface area (Å²) in [4.78, 5) is 16.5. The third-order valence-corrected chi connectivity index (χ3v) is 3.78. The monoisotopic (exact) mass is 351 g/mol. The minimum Gasteiger partial charge on any atom is -0.454 e. The smallest absolute Gasteiger partial charge is 0.274 e. The minimum atomic E-state index is -0.388. The van der Waals surface area contributed by atoms with Gasteiger partial charge in [0.05, 0.1) is 5.69 Å². The lowest BCUT2D eigenvalue weighted by Gasteiger charge is -2.09. The molecule has 4 rings (SSSR count). The summed E-state index contributed by atoms with van der Waals surface area (Å²) in [5.74, 6) is 0.444. The highest BCUT2D eigenvalue weighted by atomic mass is 19.1. The first-order chi connectivity index (χ1) is 12.7. The molecule has 1 amide bonds. The van der Waals surface area contributed by atoms with E-state index in [1.54, 1.807) is 48.5 Å². The Morgan fingerprint density at radius 3 is 2.73 bits per heavy atom. The maximum Gasteiger partial charge on any atom is 0.274 e. The fourth-order valence-electron chi connectivity index (χ4n) is 2.52. The molecule has 6 nitrogen and oxygen atoms in total. The number of pyridine rings is 1. The van der Waals surface area contributed by atoms with Crippen LogP contribution < -0.4 is 20.1 Å². The van der Waals surface area contributed by atoms with Gasteiger partial charge in [-0.3, -0.25) is 9.78 Å². The molecule has 0 atom stereocenters. The van der Waals surface area contributed by atoms with Crippen LogP contribution >= 0.6 is 0 Å². The molecule has 0 unspecified atom stereocenters. The van der Waals surface area contributed by atoms with Crippen LogP contribution in [0.5, 0.6) is 11.5 Å². The highest BCUT2D eigenvalue weighted by Crippen LogP contribution is 2.34. The molecule has 0 spiro atoms. The molecular weight excluding hydrogens is 337 g/mol. The first-order valence-electron chi connectivity index (χ1n) is 7.88. The van der Waals surface area contributed by atoms with Crippen molar-refractivity contribution in [3.8, 4) is 11.5 Å². The molecule has 26 heavy (non-hydrogen) atoms. The predicted octanol–water partition coefficient (Wildman–Crippen LogP) is 3.95. The highest BCUT2D eigenvalue weighted by molar-refractivity contribution is 6.03. The fourth-order valence-corrected chi connectivity index (χ4v) is 2.52. The van der Waals surface area contributed by atoms with Gasteiger partial charge in [-0.1, -0.05) is 12.1 Å². The maximum absolute atomic E-state index is 13.8. The first-order valence-corrected chi connectivity index (χ1v) is 7.88. The van der Waals surface area contributed by atoms with Gasteiger partial charge in [0.25, 0.3) is 5.91 Å². The molecule has 3 aromatic rings. The van der Waals surface area contributed by atoms with Gasteiger partial charge in [-0.15, -0.1) is 0 Å². The second-order valence-corrected chi connectivity index (χ2v) is 5.56. The number of rotatable bonds is 4. The minimum absolute atomic E-state index is 0.165. The number of anilines is 3. The van der Waals surface area contributed by atoms with Crippen molar-refractivity contribution in [1.82, 2.24) is 4.98 Å². The number of benzene rings is 2. The average Bonchev–Trinajstić information content (AvgIpc) is 3.12. The van der Waals surface area contributed by atoms with Gasteiger partial charge in [0.15, 0.2) is 11.5 Å². The maximum atomic E-state index is 13.8. The van der Waals surface area contributed by atoms with Crippen LogP contribution in [0.25, 0.3) is 0 Å². The molecule has 0 radical (unpaired) electrons. The SMILES string of the molecule is O=C(Nc1ccc2c(c1)OCO2)c1cc(Nc2ccccc2F)ccn1. The Bertz CT molecular complexity index is 978. The summed E-state index contributed by atoms with van der Waals surface area (Å²) in [7, 11) is 0. The molecule has 0 fully saturated rings. The standard InChI is InChI=1S/C19H14FN3O3/c20-14-3-1-2-4-15(14)22-13-7-8-21-16(9-13)19(24)23-12-5-6-17-18(10-12)26-11-25-17/h1-10H,11H2,(H,21,22)(H,23,24). The summed E-state index contributed by atoms with van der Waals surface area (Å²) >= 11 is 0. The van der Waals surface area contributed by atoms with E-state index in [4.69, 9.17) is 9.47 Å². The van der Waals surface area contributed by atoms with E-state index in [0.29, 0.717) is 28.6 Å². The molecule has 1 aliphatic rings. The highest BCUT2D eigenvalue weighted by Gasteiger charge is 2.15. The number of carbonyl (C=O) groups is 1. The Morgan fingerprint density at radius 2 is 1.85 bits per heavy atom. The van der Waals surface area contributed by atoms with Crippen LogP contribution in [-0.4, -0.2) is 17.7 Å². The van der Waals surface area contributed by atoms with Gasteiger partial charge in [0.2, 0.25) is 6.79 Å². The Labute approximate surface area is 148 Å². The number of hydrogen-bond acceptors (Lipinski definition) is 5. The second-order valence-electron chi connectivity index (χ2n) is 5.56. The van der Waals surface area contributed by atoms with E-state index in [1.807, 2.05) is 0 Å². The van der Waals surface area contributed by atoms with Crippen molar-refractivity contribution in [2.45, 2.75) is 0 Å². The van der Waals surface area contributed by atoms with Crippen molar-refractivity contribution < 1.29 is 18.7 Å². The molecular formula is C19H14FN3O3. The first kappa shape index (κ1) is 15.9. The summed E-state index contributed by atoms with van der Waals surface area (Å²) in [6, 6.07) is 14.6. The van der Waals surface area contributed by atoms with Crippen molar-refractivity contribution in [2.75, 3.05) is 17.4 Å². The van der Waals surface area contributed by atoms with Crippen molar-refractivity contribution in [2.24, 2.45) is 0 Å². The molecule has 2 N–H and O–H groups in total. The molecule has 2 aromatic carbocycles. The van der Waals surface area contributed by atoms with E-state index in [1.165, 1.54) is 12.3 Å². The van der Waals surface area contributed by atoms with Gasteiger partial charge in [0.1, 0.15) is 11.5 Å². The zero-order valence-electron chi connectivity index (χ0n) is 13.5. The Balaban J connectivity index is 1.51. The van der Waals surface area contributed by atoms with Crippen molar-refractivity contribution in [3.05, 3.63) is 72.3 Å². The molecule has 2 heterocycles. The van der Waals surface area contributed by atoms with E-state index in [9.17, 15) is 9.18 Å². The van der Waals surface area contributed by atoms with Crippen molar-refractivity contribution >= 4 is 23.0 Å². The van der Waals surface area contributed by atoms with Crippen LogP contribution in [-0.2, 0) is 0 Å². The van der Waals surface area contributed by atoms with Crippen LogP contribution in [0.3, 0.4) is 0 Å². The van der Waals surface area contributed by atoms with Gasteiger partial charge >= 0.3 is 0 Å². The summed E-state index contributed by atoms with van der Waals surface area (Å²) in [5.41, 5.74) is 1.64. The van der Waals surface area contributed by atoms with E-state index >= 15 is 0 Å². The third-order valence-electron chi connectivity index (χ3n) is 3.78. The van der Waals surface area contributed by atoms with E-state index in [2.05, 4.69) is 15.6 Å². The lowest BCUT2D eigenvalue weighted by molar-refractivity contribution is 0.102. The largest absolute Gasteiger partial charge is 0.454 e. The second kappa shape index (κ2) is 6.72. The molecule has 1 aromatic heterocycles. The van der Waals surface area contributed by atoms with Crippen molar-refractivity contribution in [1.29, 1.82) is 0 Å². The number of aromatic nitrogens is 1. The number of ether oxygens (including phenoxy) is 2. The van der Waals surface area contributed by atoms with E-state index < -0.39 is 0 Å². The summed E-state index contributed by atoms with van der Waals surface area (Å²) in [5, 5.41) is 5.69. The molecule has 7 heteroatoms. The van der Waals surface area contributed by atoms with Crippen LogP contribution in [0.1, 0.15) is 10.5 Å². The van der Waals surface area contributed by atoms with Gasteiger partial charge in [-0.25, -0.2) is 4.39 Å². The number of hydrogen-bond donors (Lipinski definition) is 2. The summed E-state index contributed by atoms with van der Waals surface area (Å²) < 4.78 is 24.3. The Kier molecular flexibility index (Phi) is 4.10. The molecule has 0 saturated carbocycles. The molecule has 0 aliphatic carbocycles. The summed E-state index contributed by atoms with van der Waals surface area (Å²) in [6.45, 7) is 0.165. The number of halogens is 1. The van der Waals surface area contributed by atoms with Crippen LogP contribution in [0.2, 0.25) is 0 Å². The number of nitrogens with one attached hydrogen (secondary N) is 2. The molecule has 1 aliphatic heterocycles. The molecule has 0 bridgehead atoms. The van der Waals surface area contributed by atoms with Gasteiger partial charge < -0.3 is 20.1 Å². The number of nitrogens with zero attached hydrogens (tertiary/aromatic N) is 1. The number of fused-ring (bicyclic) bond motifs is 1. The van der Waals surface area contributed by atoms with Crippen molar-refractivity contribution in [3.63, 3.8) is 0 Å². The predicted molar refractivity (Wildman–Crippen MR) is 94.4 cm³/mol. The Morgan fingerprint density at radius 1 is 1.00 bits per heavy atom. The van der Waals surface area contributed by atoms with Gasteiger partial charge in [-0.05, 0) is 36.4 Å². The zero-order chi connectivity index (χ0) is 17.9. The van der Waals surface area contributed by atoms with Gasteiger partial charge in [-0.2, -0.15) is 0 Å². The number of amides is 1. The quantitative estimate of drug-likeness (QED) is 0.745. The third kappa shape index (κ3) is 3.27. The summed E-state index contributed by atoms with van der Waals surface area (Å²) in [6.07, 6.45) is 1.48. The van der Waals surface area contributed by atoms with E-state index in [-0.39, 0.29) is 24.2 Å².